The molecule has 1 heterocycles. The van der Waals surface area contributed by atoms with Gasteiger partial charge in [0.15, 0.2) is 0 Å². The van der Waals surface area contributed by atoms with E-state index in [0.29, 0.717) is 22.6 Å². The molecule has 24 heavy (non-hydrogen) atoms. The molecule has 3 rings (SSSR count). The van der Waals surface area contributed by atoms with Crippen LogP contribution in [0.3, 0.4) is 0 Å². The van der Waals surface area contributed by atoms with E-state index >= 15 is 0 Å². The number of ether oxygens (including phenoxy) is 1. The standard InChI is InChI=1S/C19H15F2NO2/c1-12-17(19(23)24-2)11-18(13-3-5-14(20)6-4-13)22(12)16-9-7-15(21)8-10-16/h3-11H,1-2H3. The Hall–Kier alpha value is -2.95. The van der Waals surface area contributed by atoms with Gasteiger partial charge in [-0.25, -0.2) is 13.6 Å². The molecule has 0 amide bonds. The number of hydrogen-bond donors (Lipinski definition) is 0. The first-order valence-corrected chi connectivity index (χ1v) is 7.34. The van der Waals surface area contributed by atoms with Crippen molar-refractivity contribution in [1.29, 1.82) is 0 Å². The molecule has 0 spiro atoms. The third-order valence-corrected chi connectivity index (χ3v) is 3.88. The Kier molecular flexibility index (Phi) is 4.16. The number of hydrogen-bond acceptors (Lipinski definition) is 2. The van der Waals surface area contributed by atoms with Crippen LogP contribution in [-0.2, 0) is 4.74 Å². The zero-order chi connectivity index (χ0) is 17.3. The second-order valence-electron chi connectivity index (χ2n) is 5.34. The SMILES string of the molecule is COC(=O)c1cc(-c2ccc(F)cc2)n(-c2ccc(F)cc2)c1C. The molecule has 122 valence electrons. The fraction of sp³-hybridized carbons (Fsp3) is 0.105. The number of rotatable bonds is 3. The van der Waals surface area contributed by atoms with Gasteiger partial charge in [-0.2, -0.15) is 0 Å². The quantitative estimate of drug-likeness (QED) is 0.662. The average molecular weight is 327 g/mol. The molecule has 5 heteroatoms. The van der Waals surface area contributed by atoms with E-state index in [1.165, 1.54) is 31.4 Å². The molecule has 3 aromatic rings. The monoisotopic (exact) mass is 327 g/mol. The van der Waals surface area contributed by atoms with Crippen LogP contribution in [0.25, 0.3) is 16.9 Å². The Morgan fingerprint density at radius 1 is 0.958 bits per heavy atom. The van der Waals surface area contributed by atoms with Crippen molar-refractivity contribution in [1.82, 2.24) is 4.57 Å². The van der Waals surface area contributed by atoms with Crippen LogP contribution >= 0.6 is 0 Å². The number of halogens is 2. The van der Waals surface area contributed by atoms with Crippen molar-refractivity contribution in [2.75, 3.05) is 7.11 Å². The van der Waals surface area contributed by atoms with Crippen LogP contribution in [-0.4, -0.2) is 17.6 Å². The van der Waals surface area contributed by atoms with Crippen molar-refractivity contribution in [3.05, 3.63) is 77.5 Å². The van der Waals surface area contributed by atoms with Crippen LogP contribution in [0.2, 0.25) is 0 Å². The number of carbonyl (C=O) groups excluding carboxylic acids is 1. The summed E-state index contributed by atoms with van der Waals surface area (Å²) in [5.41, 5.74) is 3.19. The second-order valence-corrected chi connectivity index (χ2v) is 5.34. The van der Waals surface area contributed by atoms with Gasteiger partial charge >= 0.3 is 5.97 Å². The maximum atomic E-state index is 13.2. The molecule has 2 aromatic carbocycles. The summed E-state index contributed by atoms with van der Waals surface area (Å²) >= 11 is 0. The van der Waals surface area contributed by atoms with Crippen molar-refractivity contribution in [2.45, 2.75) is 6.92 Å². The van der Waals surface area contributed by atoms with Gasteiger partial charge in [0, 0.05) is 11.4 Å². The first-order chi connectivity index (χ1) is 11.5. The van der Waals surface area contributed by atoms with Gasteiger partial charge in [0.25, 0.3) is 0 Å². The topological polar surface area (TPSA) is 31.2 Å². The van der Waals surface area contributed by atoms with E-state index in [1.807, 2.05) is 4.57 Å². The molecule has 0 N–H and O–H groups in total. The highest BCUT2D eigenvalue weighted by Crippen LogP contribution is 2.30. The maximum absolute atomic E-state index is 13.2. The minimum atomic E-state index is -0.461. The zero-order valence-electron chi connectivity index (χ0n) is 13.2. The molecule has 0 fully saturated rings. The summed E-state index contributed by atoms with van der Waals surface area (Å²) in [7, 11) is 1.31. The lowest BCUT2D eigenvalue weighted by Gasteiger charge is -2.12. The van der Waals surface area contributed by atoms with E-state index in [-0.39, 0.29) is 11.6 Å². The summed E-state index contributed by atoms with van der Waals surface area (Å²) in [6.45, 7) is 1.78. The van der Waals surface area contributed by atoms with E-state index < -0.39 is 5.97 Å². The molecule has 0 aliphatic rings. The molecule has 0 unspecified atom stereocenters. The third kappa shape index (κ3) is 2.80. The molecule has 1 aromatic heterocycles. The lowest BCUT2D eigenvalue weighted by Crippen LogP contribution is -2.04. The average Bonchev–Trinajstić information content (AvgIpc) is 2.93. The third-order valence-electron chi connectivity index (χ3n) is 3.88. The highest BCUT2D eigenvalue weighted by atomic mass is 19.1. The summed E-state index contributed by atoms with van der Waals surface area (Å²) in [6, 6.07) is 13.6. The first kappa shape index (κ1) is 15.9. The molecular formula is C19H15F2NO2. The van der Waals surface area contributed by atoms with Crippen LogP contribution in [0.15, 0.2) is 54.6 Å². The number of benzene rings is 2. The van der Waals surface area contributed by atoms with Crippen LogP contribution in [0.5, 0.6) is 0 Å². The van der Waals surface area contributed by atoms with E-state index in [9.17, 15) is 13.6 Å². The van der Waals surface area contributed by atoms with Gasteiger partial charge in [-0.05, 0) is 67.1 Å². The normalized spacial score (nSPS) is 10.7. The van der Waals surface area contributed by atoms with Gasteiger partial charge in [0.2, 0.25) is 0 Å². The van der Waals surface area contributed by atoms with Crippen LogP contribution in [0.1, 0.15) is 16.1 Å². The highest BCUT2D eigenvalue weighted by molar-refractivity contribution is 5.93. The predicted molar refractivity (Wildman–Crippen MR) is 87.2 cm³/mol. The first-order valence-electron chi connectivity index (χ1n) is 7.34. The van der Waals surface area contributed by atoms with Crippen LogP contribution < -0.4 is 0 Å². The van der Waals surface area contributed by atoms with E-state index in [2.05, 4.69) is 0 Å². The summed E-state index contributed by atoms with van der Waals surface area (Å²) in [5, 5.41) is 0. The highest BCUT2D eigenvalue weighted by Gasteiger charge is 2.20. The second kappa shape index (κ2) is 6.28. The summed E-state index contributed by atoms with van der Waals surface area (Å²) in [4.78, 5) is 12.0. The van der Waals surface area contributed by atoms with Gasteiger partial charge in [-0.1, -0.05) is 0 Å². The summed E-state index contributed by atoms with van der Waals surface area (Å²) in [6.07, 6.45) is 0. The fourth-order valence-electron chi connectivity index (χ4n) is 2.68. The van der Waals surface area contributed by atoms with Crippen LogP contribution in [0, 0.1) is 18.6 Å². The molecule has 3 nitrogen and oxygen atoms in total. The molecule has 0 aliphatic carbocycles. The maximum Gasteiger partial charge on any atom is 0.339 e. The Morgan fingerprint density at radius 2 is 1.50 bits per heavy atom. The van der Waals surface area contributed by atoms with Crippen molar-refractivity contribution < 1.29 is 18.3 Å². The molecule has 0 atom stereocenters. The van der Waals surface area contributed by atoms with Crippen LogP contribution in [0.4, 0.5) is 8.78 Å². The molecular weight excluding hydrogens is 312 g/mol. The number of methoxy groups -OCH3 is 1. The molecule has 0 aliphatic heterocycles. The minimum Gasteiger partial charge on any atom is -0.465 e. The lowest BCUT2D eigenvalue weighted by molar-refractivity contribution is 0.0600. The Balaban J connectivity index is 2.24. The van der Waals surface area contributed by atoms with E-state index in [1.54, 1.807) is 37.3 Å². The predicted octanol–water partition coefficient (Wildman–Crippen LogP) is 4.52. The number of esters is 1. The minimum absolute atomic E-state index is 0.344. The van der Waals surface area contributed by atoms with Gasteiger partial charge < -0.3 is 9.30 Å². The number of aromatic nitrogens is 1. The lowest BCUT2D eigenvalue weighted by atomic mass is 10.1. The Bertz CT molecular complexity index is 881. The number of carbonyl (C=O) groups is 1. The van der Waals surface area contributed by atoms with E-state index in [4.69, 9.17) is 4.74 Å². The fourth-order valence-corrected chi connectivity index (χ4v) is 2.68. The summed E-state index contributed by atoms with van der Waals surface area (Å²) in [5.74, 6) is -1.15. The smallest absolute Gasteiger partial charge is 0.339 e. The Morgan fingerprint density at radius 3 is 2.04 bits per heavy atom. The largest absolute Gasteiger partial charge is 0.465 e. The molecule has 0 saturated heterocycles. The van der Waals surface area contributed by atoms with Gasteiger partial charge in [0.05, 0.1) is 18.4 Å². The van der Waals surface area contributed by atoms with Crippen molar-refractivity contribution in [3.8, 4) is 16.9 Å². The van der Waals surface area contributed by atoms with Gasteiger partial charge in [-0.15, -0.1) is 0 Å². The molecule has 0 bridgehead atoms. The van der Waals surface area contributed by atoms with Crippen molar-refractivity contribution >= 4 is 5.97 Å². The molecule has 0 saturated carbocycles. The zero-order valence-corrected chi connectivity index (χ0v) is 13.2. The molecule has 0 radical (unpaired) electrons. The van der Waals surface area contributed by atoms with E-state index in [0.717, 1.165) is 5.56 Å². The van der Waals surface area contributed by atoms with Crippen molar-refractivity contribution in [3.63, 3.8) is 0 Å². The van der Waals surface area contributed by atoms with Gasteiger partial charge in [-0.3, -0.25) is 0 Å². The number of nitrogens with zero attached hydrogens (tertiary/aromatic N) is 1. The van der Waals surface area contributed by atoms with Crippen molar-refractivity contribution in [2.24, 2.45) is 0 Å². The Labute approximate surface area is 138 Å². The van der Waals surface area contributed by atoms with Gasteiger partial charge in [0.1, 0.15) is 11.6 Å². The summed E-state index contributed by atoms with van der Waals surface area (Å²) < 4.78 is 33.1.